The first kappa shape index (κ1) is 15.2. The molecule has 2 rings (SSSR count). The molecule has 0 radical (unpaired) electrons. The number of benzene rings is 1. The van der Waals surface area contributed by atoms with Gasteiger partial charge in [-0.2, -0.15) is 0 Å². The molecule has 1 aromatic rings. The molecule has 0 unspecified atom stereocenters. The van der Waals surface area contributed by atoms with Crippen molar-refractivity contribution in [2.75, 3.05) is 5.32 Å². The van der Waals surface area contributed by atoms with Gasteiger partial charge in [-0.3, -0.25) is 9.59 Å². The van der Waals surface area contributed by atoms with Crippen LogP contribution in [0, 0.1) is 17.3 Å². The maximum absolute atomic E-state index is 12.1. The molecule has 108 valence electrons. The molecular formula is C16H20BrNO2. The predicted octanol–water partition coefficient (Wildman–Crippen LogP) is 4.03. The second kappa shape index (κ2) is 5.68. The quantitative estimate of drug-likeness (QED) is 0.901. The summed E-state index contributed by atoms with van der Waals surface area (Å²) >= 11 is 3.36. The Morgan fingerprint density at radius 2 is 1.90 bits per heavy atom. The zero-order valence-electron chi connectivity index (χ0n) is 12.1. The zero-order valence-corrected chi connectivity index (χ0v) is 13.7. The molecule has 1 fully saturated rings. The predicted molar refractivity (Wildman–Crippen MR) is 83.4 cm³/mol. The zero-order chi connectivity index (χ0) is 14.9. The van der Waals surface area contributed by atoms with E-state index in [0.29, 0.717) is 6.42 Å². The van der Waals surface area contributed by atoms with E-state index in [2.05, 4.69) is 35.1 Å². The molecule has 20 heavy (non-hydrogen) atoms. The van der Waals surface area contributed by atoms with E-state index in [1.54, 1.807) is 6.92 Å². The van der Waals surface area contributed by atoms with Crippen LogP contribution in [0.2, 0.25) is 0 Å². The van der Waals surface area contributed by atoms with Crippen LogP contribution in [0.5, 0.6) is 0 Å². The Balaban J connectivity index is 1.90. The summed E-state index contributed by atoms with van der Waals surface area (Å²) in [7, 11) is 0. The molecule has 0 spiro atoms. The van der Waals surface area contributed by atoms with Crippen LogP contribution >= 0.6 is 15.9 Å². The number of rotatable bonds is 4. The number of hydrogen-bond donors (Lipinski definition) is 1. The summed E-state index contributed by atoms with van der Waals surface area (Å²) in [5.41, 5.74) is 0.738. The Kier molecular flexibility index (Phi) is 4.33. The Labute approximate surface area is 128 Å². The van der Waals surface area contributed by atoms with Crippen LogP contribution in [-0.2, 0) is 9.59 Å². The highest BCUT2D eigenvalue weighted by Crippen LogP contribution is 2.53. The van der Waals surface area contributed by atoms with Crippen LogP contribution in [0.25, 0.3) is 0 Å². The monoisotopic (exact) mass is 337 g/mol. The highest BCUT2D eigenvalue weighted by Gasteiger charge is 2.50. The first-order valence-corrected chi connectivity index (χ1v) is 7.66. The van der Waals surface area contributed by atoms with Gasteiger partial charge in [0.1, 0.15) is 5.78 Å². The molecule has 0 aliphatic heterocycles. The number of carbonyl (C=O) groups excluding carboxylic acids is 2. The Morgan fingerprint density at radius 1 is 1.30 bits per heavy atom. The van der Waals surface area contributed by atoms with Gasteiger partial charge in [0.05, 0.1) is 0 Å². The van der Waals surface area contributed by atoms with E-state index in [0.717, 1.165) is 16.6 Å². The molecule has 1 N–H and O–H groups in total. The Hall–Kier alpha value is -1.16. The number of ketones is 1. The summed E-state index contributed by atoms with van der Waals surface area (Å²) in [5.74, 6) is 0.645. The summed E-state index contributed by atoms with van der Waals surface area (Å²) in [5, 5.41) is 2.91. The van der Waals surface area contributed by atoms with Crippen molar-refractivity contribution in [2.24, 2.45) is 17.3 Å². The van der Waals surface area contributed by atoms with Crippen molar-refractivity contribution in [2.45, 2.75) is 33.6 Å². The lowest BCUT2D eigenvalue weighted by Crippen LogP contribution is -2.49. The molecule has 1 amide bonds. The lowest BCUT2D eigenvalue weighted by Gasteiger charge is -2.51. The topological polar surface area (TPSA) is 46.2 Å². The fourth-order valence-corrected chi connectivity index (χ4v) is 3.29. The molecule has 0 saturated heterocycles. The number of halogens is 1. The Bertz CT molecular complexity index is 522. The van der Waals surface area contributed by atoms with E-state index in [-0.39, 0.29) is 28.9 Å². The third-order valence-electron chi connectivity index (χ3n) is 4.52. The van der Waals surface area contributed by atoms with Crippen molar-refractivity contribution in [1.29, 1.82) is 0 Å². The maximum Gasteiger partial charge on any atom is 0.224 e. The van der Waals surface area contributed by atoms with Crippen molar-refractivity contribution < 1.29 is 9.59 Å². The molecule has 0 bridgehead atoms. The van der Waals surface area contributed by atoms with Gasteiger partial charge in [-0.25, -0.2) is 0 Å². The molecule has 4 heteroatoms. The van der Waals surface area contributed by atoms with Crippen molar-refractivity contribution in [1.82, 2.24) is 0 Å². The second-order valence-corrected chi connectivity index (χ2v) is 7.09. The van der Waals surface area contributed by atoms with E-state index in [1.165, 1.54) is 0 Å². The van der Waals surface area contributed by atoms with E-state index in [1.807, 2.05) is 24.3 Å². The lowest BCUT2D eigenvalue weighted by atomic mass is 9.52. The van der Waals surface area contributed by atoms with Gasteiger partial charge in [-0.15, -0.1) is 0 Å². The van der Waals surface area contributed by atoms with Crippen LogP contribution in [-0.4, -0.2) is 11.7 Å². The molecule has 0 aromatic heterocycles. The fourth-order valence-electron chi connectivity index (χ4n) is 3.02. The number of Topliss-reactive ketones (excluding diaryl/α,β-unsaturated/α-hetero) is 1. The van der Waals surface area contributed by atoms with Crippen LogP contribution in [0.1, 0.15) is 33.6 Å². The Morgan fingerprint density at radius 3 is 2.40 bits per heavy atom. The van der Waals surface area contributed by atoms with Crippen molar-refractivity contribution >= 4 is 33.3 Å². The molecule has 2 atom stereocenters. The number of anilines is 1. The highest BCUT2D eigenvalue weighted by molar-refractivity contribution is 9.10. The third kappa shape index (κ3) is 3.11. The van der Waals surface area contributed by atoms with Gasteiger partial charge < -0.3 is 5.32 Å². The highest BCUT2D eigenvalue weighted by atomic mass is 79.9. The smallest absolute Gasteiger partial charge is 0.224 e. The SMILES string of the molecule is CC(=O)[C@@H]1C[C@H](CC(=O)Nc2ccc(Br)cc2)C1(C)C. The van der Waals surface area contributed by atoms with Gasteiger partial charge in [0.15, 0.2) is 0 Å². The van der Waals surface area contributed by atoms with Crippen LogP contribution in [0.3, 0.4) is 0 Å². The average molecular weight is 338 g/mol. The van der Waals surface area contributed by atoms with Crippen LogP contribution < -0.4 is 5.32 Å². The fraction of sp³-hybridized carbons (Fsp3) is 0.500. The second-order valence-electron chi connectivity index (χ2n) is 6.18. The molecular weight excluding hydrogens is 318 g/mol. The number of nitrogens with one attached hydrogen (secondary N) is 1. The number of hydrogen-bond acceptors (Lipinski definition) is 2. The normalized spacial score (nSPS) is 23.8. The third-order valence-corrected chi connectivity index (χ3v) is 5.05. The van der Waals surface area contributed by atoms with Crippen LogP contribution in [0.15, 0.2) is 28.7 Å². The summed E-state index contributed by atoms with van der Waals surface area (Å²) in [6.45, 7) is 5.81. The first-order valence-electron chi connectivity index (χ1n) is 6.86. The summed E-state index contributed by atoms with van der Waals surface area (Å²) in [6.07, 6.45) is 1.31. The van der Waals surface area contributed by atoms with E-state index in [9.17, 15) is 9.59 Å². The van der Waals surface area contributed by atoms with Gasteiger partial charge in [0, 0.05) is 22.5 Å². The first-order chi connectivity index (χ1) is 9.30. The number of carbonyl (C=O) groups is 2. The summed E-state index contributed by atoms with van der Waals surface area (Å²) < 4.78 is 0.986. The van der Waals surface area contributed by atoms with Crippen molar-refractivity contribution in [3.8, 4) is 0 Å². The standard InChI is InChI=1S/C16H20BrNO2/c1-10(19)14-8-11(16(14,2)3)9-15(20)18-13-6-4-12(17)5-7-13/h4-7,11,14H,8-9H2,1-3H3,(H,18,20)/t11-,14+/m1/s1. The van der Waals surface area contributed by atoms with E-state index < -0.39 is 0 Å². The average Bonchev–Trinajstić information content (AvgIpc) is 2.36. The van der Waals surface area contributed by atoms with Crippen molar-refractivity contribution in [3.05, 3.63) is 28.7 Å². The van der Waals surface area contributed by atoms with Gasteiger partial charge in [-0.05, 0) is 48.9 Å². The largest absolute Gasteiger partial charge is 0.326 e. The molecule has 1 saturated carbocycles. The van der Waals surface area contributed by atoms with Gasteiger partial charge >= 0.3 is 0 Å². The van der Waals surface area contributed by atoms with E-state index in [4.69, 9.17) is 0 Å². The molecule has 1 aliphatic rings. The van der Waals surface area contributed by atoms with E-state index >= 15 is 0 Å². The molecule has 1 aliphatic carbocycles. The summed E-state index contributed by atoms with van der Waals surface area (Å²) in [4.78, 5) is 23.5. The summed E-state index contributed by atoms with van der Waals surface area (Å²) in [6, 6.07) is 7.53. The molecule has 0 heterocycles. The van der Waals surface area contributed by atoms with Crippen LogP contribution in [0.4, 0.5) is 5.69 Å². The number of amides is 1. The molecule has 1 aromatic carbocycles. The van der Waals surface area contributed by atoms with Gasteiger partial charge in [0.2, 0.25) is 5.91 Å². The minimum absolute atomic E-state index is 0.0207. The maximum atomic E-state index is 12.1. The van der Waals surface area contributed by atoms with Gasteiger partial charge in [-0.1, -0.05) is 29.8 Å². The lowest BCUT2D eigenvalue weighted by molar-refractivity contribution is -0.139. The minimum atomic E-state index is -0.0666. The van der Waals surface area contributed by atoms with Gasteiger partial charge in [0.25, 0.3) is 0 Å². The van der Waals surface area contributed by atoms with Crippen molar-refractivity contribution in [3.63, 3.8) is 0 Å². The molecule has 3 nitrogen and oxygen atoms in total. The minimum Gasteiger partial charge on any atom is -0.326 e.